The van der Waals surface area contributed by atoms with Gasteiger partial charge in [0, 0.05) is 26.3 Å². The first-order valence-electron chi connectivity index (χ1n) is 9.95. The summed E-state index contributed by atoms with van der Waals surface area (Å²) in [5.41, 5.74) is 0.359. The van der Waals surface area contributed by atoms with E-state index >= 15 is 0 Å². The molecule has 0 saturated heterocycles. The van der Waals surface area contributed by atoms with E-state index in [2.05, 4.69) is 5.32 Å². The molecular formula is C22H29N3O4. The number of amides is 2. The summed E-state index contributed by atoms with van der Waals surface area (Å²) in [6.45, 7) is 7.55. The van der Waals surface area contributed by atoms with E-state index in [1.807, 2.05) is 20.8 Å². The van der Waals surface area contributed by atoms with Crippen molar-refractivity contribution >= 4 is 17.5 Å². The number of hydrogen-bond donors (Lipinski definition) is 1. The molecule has 2 amide bonds. The molecule has 0 aliphatic heterocycles. The Morgan fingerprint density at radius 1 is 1.10 bits per heavy atom. The van der Waals surface area contributed by atoms with E-state index in [0.29, 0.717) is 36.6 Å². The van der Waals surface area contributed by atoms with Crippen LogP contribution in [0.3, 0.4) is 0 Å². The Labute approximate surface area is 171 Å². The summed E-state index contributed by atoms with van der Waals surface area (Å²) in [5, 5.41) is 2.64. The van der Waals surface area contributed by atoms with Crippen molar-refractivity contribution < 1.29 is 14.3 Å². The first kappa shape index (κ1) is 22.2. The van der Waals surface area contributed by atoms with Crippen molar-refractivity contribution in [3.05, 3.63) is 58.0 Å². The van der Waals surface area contributed by atoms with E-state index in [-0.39, 0.29) is 17.2 Å². The van der Waals surface area contributed by atoms with Crippen LogP contribution in [0, 0.1) is 0 Å². The van der Waals surface area contributed by atoms with Crippen LogP contribution in [0.5, 0.6) is 5.75 Å². The lowest BCUT2D eigenvalue weighted by Gasteiger charge is -2.22. The zero-order valence-electron chi connectivity index (χ0n) is 17.5. The van der Waals surface area contributed by atoms with Gasteiger partial charge in [-0.25, -0.2) is 0 Å². The van der Waals surface area contributed by atoms with Crippen LogP contribution < -0.4 is 15.6 Å². The Morgan fingerprint density at radius 3 is 2.38 bits per heavy atom. The van der Waals surface area contributed by atoms with Crippen LogP contribution in [0.4, 0.5) is 5.69 Å². The maximum Gasteiger partial charge on any atom is 0.274 e. The molecule has 2 aromatic rings. The summed E-state index contributed by atoms with van der Waals surface area (Å²) in [6, 6.07) is 8.27. The van der Waals surface area contributed by atoms with Gasteiger partial charge < -0.3 is 19.5 Å². The molecule has 1 aromatic carbocycles. The predicted octanol–water partition coefficient (Wildman–Crippen LogP) is 3.30. The number of aryl methyl sites for hydroxylation is 1. The van der Waals surface area contributed by atoms with E-state index in [1.54, 1.807) is 36.2 Å². The van der Waals surface area contributed by atoms with Crippen molar-refractivity contribution in [1.29, 1.82) is 0 Å². The summed E-state index contributed by atoms with van der Waals surface area (Å²) in [5.74, 6) is -0.183. The smallest absolute Gasteiger partial charge is 0.274 e. The topological polar surface area (TPSA) is 80.6 Å². The van der Waals surface area contributed by atoms with Crippen LogP contribution in [0.1, 0.15) is 54.3 Å². The summed E-state index contributed by atoms with van der Waals surface area (Å²) < 4.78 is 6.80. The molecule has 0 aliphatic rings. The number of anilines is 1. The highest BCUT2D eigenvalue weighted by atomic mass is 16.5. The van der Waals surface area contributed by atoms with Gasteiger partial charge in [0.05, 0.1) is 17.7 Å². The lowest BCUT2D eigenvalue weighted by atomic mass is 10.1. The van der Waals surface area contributed by atoms with Crippen molar-refractivity contribution in [2.24, 2.45) is 7.05 Å². The number of rotatable bonds is 9. The molecule has 1 N–H and O–H groups in total. The van der Waals surface area contributed by atoms with Crippen LogP contribution in [0.2, 0.25) is 0 Å². The Balaban J connectivity index is 2.36. The third-order valence-electron chi connectivity index (χ3n) is 4.38. The van der Waals surface area contributed by atoms with Gasteiger partial charge in [0.2, 0.25) is 0 Å². The fraction of sp³-hybridized carbons (Fsp3) is 0.409. The second kappa shape index (κ2) is 10.5. The number of nitrogens with one attached hydrogen (secondary N) is 1. The monoisotopic (exact) mass is 399 g/mol. The normalized spacial score (nSPS) is 10.5. The largest absolute Gasteiger partial charge is 0.493 e. The molecule has 7 heteroatoms. The Kier molecular flexibility index (Phi) is 8.00. The zero-order chi connectivity index (χ0) is 21.4. The second-order valence-electron chi connectivity index (χ2n) is 6.73. The van der Waals surface area contributed by atoms with E-state index < -0.39 is 5.91 Å². The molecule has 0 fully saturated rings. The van der Waals surface area contributed by atoms with Gasteiger partial charge in [0.1, 0.15) is 11.4 Å². The molecule has 0 aliphatic carbocycles. The number of nitrogens with zero attached hydrogens (tertiary/aromatic N) is 2. The fourth-order valence-corrected chi connectivity index (χ4v) is 3.08. The van der Waals surface area contributed by atoms with Gasteiger partial charge in [-0.3, -0.25) is 14.4 Å². The van der Waals surface area contributed by atoms with Crippen LogP contribution >= 0.6 is 0 Å². The number of pyridine rings is 1. The number of hydrogen-bond acceptors (Lipinski definition) is 4. The second-order valence-corrected chi connectivity index (χ2v) is 6.73. The van der Waals surface area contributed by atoms with E-state index in [9.17, 15) is 14.4 Å². The maximum absolute atomic E-state index is 12.9. The number of aromatic nitrogens is 1. The van der Waals surface area contributed by atoms with Crippen molar-refractivity contribution in [2.75, 3.05) is 25.0 Å². The number of benzene rings is 1. The molecule has 0 unspecified atom stereocenters. The van der Waals surface area contributed by atoms with Gasteiger partial charge in [-0.1, -0.05) is 26.0 Å². The molecule has 156 valence electrons. The van der Waals surface area contributed by atoms with Crippen LogP contribution in [0.25, 0.3) is 0 Å². The number of carbonyl (C=O) groups excluding carboxylic acids is 2. The molecule has 1 aromatic heterocycles. The van der Waals surface area contributed by atoms with Gasteiger partial charge in [-0.15, -0.1) is 0 Å². The standard InChI is InChI=1S/C22H29N3O4/c1-5-12-25(13-6-2)21(27)16-14-18(22(28)24(4)15-16)23-20(26)17-10-8-9-11-19(17)29-7-3/h8-11,14-15H,5-7,12-13H2,1-4H3,(H,23,26). The average Bonchev–Trinajstić information content (AvgIpc) is 2.71. The molecule has 29 heavy (non-hydrogen) atoms. The number of ether oxygens (including phenoxy) is 1. The number of carbonyl (C=O) groups is 2. The SMILES string of the molecule is CCCN(CCC)C(=O)c1cc(NC(=O)c2ccccc2OCC)c(=O)n(C)c1. The predicted molar refractivity (Wildman–Crippen MR) is 114 cm³/mol. The number of para-hydroxylation sites is 1. The summed E-state index contributed by atoms with van der Waals surface area (Å²) in [4.78, 5) is 40.0. The summed E-state index contributed by atoms with van der Waals surface area (Å²) >= 11 is 0. The highest BCUT2D eigenvalue weighted by molar-refractivity contribution is 6.06. The minimum Gasteiger partial charge on any atom is -0.493 e. The minimum absolute atomic E-state index is 0.0580. The van der Waals surface area contributed by atoms with E-state index in [4.69, 9.17) is 4.74 Å². The molecule has 7 nitrogen and oxygen atoms in total. The van der Waals surface area contributed by atoms with Gasteiger partial charge >= 0.3 is 0 Å². The Morgan fingerprint density at radius 2 is 1.76 bits per heavy atom. The molecular weight excluding hydrogens is 370 g/mol. The van der Waals surface area contributed by atoms with Crippen LogP contribution in [-0.4, -0.2) is 41.0 Å². The molecule has 0 spiro atoms. The average molecular weight is 399 g/mol. The molecule has 0 bridgehead atoms. The Hall–Kier alpha value is -3.09. The van der Waals surface area contributed by atoms with Gasteiger partial charge in [0.25, 0.3) is 17.4 Å². The van der Waals surface area contributed by atoms with Crippen molar-refractivity contribution in [3.8, 4) is 5.75 Å². The van der Waals surface area contributed by atoms with Crippen LogP contribution in [0.15, 0.2) is 41.3 Å². The lowest BCUT2D eigenvalue weighted by Crippen LogP contribution is -2.34. The van der Waals surface area contributed by atoms with Gasteiger partial charge in [-0.05, 0) is 38.0 Å². The van der Waals surface area contributed by atoms with E-state index in [0.717, 1.165) is 12.8 Å². The summed E-state index contributed by atoms with van der Waals surface area (Å²) in [7, 11) is 1.56. The Bertz CT molecular complexity index is 915. The minimum atomic E-state index is -0.463. The summed E-state index contributed by atoms with van der Waals surface area (Å²) in [6.07, 6.45) is 3.19. The fourth-order valence-electron chi connectivity index (χ4n) is 3.08. The van der Waals surface area contributed by atoms with Gasteiger partial charge in [-0.2, -0.15) is 0 Å². The third kappa shape index (κ3) is 5.47. The van der Waals surface area contributed by atoms with Crippen molar-refractivity contribution in [3.63, 3.8) is 0 Å². The highest BCUT2D eigenvalue weighted by Gasteiger charge is 2.19. The van der Waals surface area contributed by atoms with E-state index in [1.165, 1.54) is 16.8 Å². The van der Waals surface area contributed by atoms with Gasteiger partial charge in [0.15, 0.2) is 0 Å². The van der Waals surface area contributed by atoms with Crippen LogP contribution in [-0.2, 0) is 7.05 Å². The van der Waals surface area contributed by atoms with Crippen molar-refractivity contribution in [2.45, 2.75) is 33.6 Å². The third-order valence-corrected chi connectivity index (χ3v) is 4.38. The first-order chi connectivity index (χ1) is 13.9. The molecule has 2 rings (SSSR count). The molecule has 0 saturated carbocycles. The quantitative estimate of drug-likeness (QED) is 0.702. The maximum atomic E-state index is 12.9. The zero-order valence-corrected chi connectivity index (χ0v) is 17.5. The first-order valence-corrected chi connectivity index (χ1v) is 9.95. The van der Waals surface area contributed by atoms with Crippen molar-refractivity contribution in [1.82, 2.24) is 9.47 Å². The highest BCUT2D eigenvalue weighted by Crippen LogP contribution is 2.19. The molecule has 0 atom stereocenters. The lowest BCUT2D eigenvalue weighted by molar-refractivity contribution is 0.0754. The molecule has 1 heterocycles. The molecule has 0 radical (unpaired) electrons.